The number of hydrazine groups is 1. The van der Waals surface area contributed by atoms with E-state index in [2.05, 4.69) is 35.0 Å². The van der Waals surface area contributed by atoms with Crippen molar-refractivity contribution in [2.45, 2.75) is 32.7 Å². The van der Waals surface area contributed by atoms with Crippen molar-refractivity contribution in [3.05, 3.63) is 81.5 Å². The molecule has 0 amide bonds. The van der Waals surface area contributed by atoms with Crippen molar-refractivity contribution >= 4 is 0 Å². The summed E-state index contributed by atoms with van der Waals surface area (Å²) in [5.41, 5.74) is 10.8. The molecule has 0 unspecified atom stereocenters. The highest BCUT2D eigenvalue weighted by Gasteiger charge is 2.20. The van der Waals surface area contributed by atoms with Gasteiger partial charge in [-0.2, -0.15) is 9.78 Å². The second-order valence-corrected chi connectivity index (χ2v) is 7.01. The summed E-state index contributed by atoms with van der Waals surface area (Å²) in [6.45, 7) is 6.42. The van der Waals surface area contributed by atoms with Gasteiger partial charge < -0.3 is 0 Å². The fraction of sp³-hybridized carbons (Fsp3) is 0.333. The molecule has 1 aliphatic rings. The number of aryl methyl sites for hydroxylation is 2. The molecule has 1 aliphatic heterocycles. The maximum absolute atomic E-state index is 13.0. The van der Waals surface area contributed by atoms with Gasteiger partial charge in [-0.05, 0) is 42.2 Å². The van der Waals surface area contributed by atoms with E-state index in [4.69, 9.17) is 0 Å². The molecule has 2 N–H and O–H groups in total. The fourth-order valence-corrected chi connectivity index (χ4v) is 3.72. The zero-order valence-electron chi connectivity index (χ0n) is 15.8. The first-order valence-corrected chi connectivity index (χ1v) is 9.46. The second kappa shape index (κ2) is 7.50. The van der Waals surface area contributed by atoms with Gasteiger partial charge in [-0.3, -0.25) is 15.4 Å². The Morgan fingerprint density at radius 2 is 1.85 bits per heavy atom. The molecule has 0 bridgehead atoms. The molecule has 1 fully saturated rings. The first kappa shape index (κ1) is 17.7. The van der Waals surface area contributed by atoms with Crippen LogP contribution >= 0.6 is 0 Å². The van der Waals surface area contributed by atoms with Crippen LogP contribution in [0.3, 0.4) is 0 Å². The van der Waals surface area contributed by atoms with Gasteiger partial charge in [-0.1, -0.05) is 43.3 Å². The smallest absolute Gasteiger partial charge is 0.274 e. The van der Waals surface area contributed by atoms with E-state index in [0.717, 1.165) is 36.6 Å². The maximum atomic E-state index is 13.0. The number of nitrogens with one attached hydrogen (secondary N) is 2. The summed E-state index contributed by atoms with van der Waals surface area (Å²) in [7, 11) is 0. The van der Waals surface area contributed by atoms with Crippen LogP contribution in [0.5, 0.6) is 0 Å². The molecule has 0 aliphatic carbocycles. The molecule has 27 heavy (non-hydrogen) atoms. The van der Waals surface area contributed by atoms with Gasteiger partial charge in [0, 0.05) is 19.0 Å². The van der Waals surface area contributed by atoms with E-state index >= 15 is 0 Å². The Hall–Kier alpha value is -2.70. The summed E-state index contributed by atoms with van der Waals surface area (Å²) >= 11 is 0. The van der Waals surface area contributed by atoms with E-state index in [-0.39, 0.29) is 5.69 Å². The topological polar surface area (TPSA) is 63.9 Å². The van der Waals surface area contributed by atoms with Crippen LogP contribution in [0.15, 0.2) is 53.3 Å². The van der Waals surface area contributed by atoms with Gasteiger partial charge in [0.2, 0.25) is 0 Å². The summed E-state index contributed by atoms with van der Waals surface area (Å²) in [5, 5.41) is 4.52. The molecule has 1 aromatic heterocycles. The number of hydrogen-bond donors (Lipinski definition) is 2. The van der Waals surface area contributed by atoms with Crippen molar-refractivity contribution in [2.75, 3.05) is 13.1 Å². The summed E-state index contributed by atoms with van der Waals surface area (Å²) in [6, 6.07) is 16.3. The number of aromatic nitrogens is 3. The van der Waals surface area contributed by atoms with E-state index in [1.807, 2.05) is 43.3 Å². The molecular weight excluding hydrogens is 338 g/mol. The normalized spacial score (nSPS) is 14.7. The Balaban J connectivity index is 1.69. The zero-order chi connectivity index (χ0) is 18.8. The first-order valence-electron chi connectivity index (χ1n) is 9.46. The van der Waals surface area contributed by atoms with Crippen molar-refractivity contribution in [1.29, 1.82) is 0 Å². The van der Waals surface area contributed by atoms with Crippen molar-refractivity contribution in [1.82, 2.24) is 25.2 Å². The van der Waals surface area contributed by atoms with Crippen LogP contribution in [-0.4, -0.2) is 27.4 Å². The molecule has 140 valence electrons. The minimum atomic E-state index is -0.102. The average Bonchev–Trinajstić information content (AvgIpc) is 3.32. The predicted octanol–water partition coefficient (Wildman–Crippen LogP) is 2.14. The average molecular weight is 363 g/mol. The van der Waals surface area contributed by atoms with Crippen LogP contribution in [0.4, 0.5) is 0 Å². The highest BCUT2D eigenvalue weighted by atomic mass is 16.2. The Morgan fingerprint density at radius 1 is 1.11 bits per heavy atom. The van der Waals surface area contributed by atoms with Crippen LogP contribution in [0.2, 0.25) is 0 Å². The quantitative estimate of drug-likeness (QED) is 0.729. The van der Waals surface area contributed by atoms with Gasteiger partial charge >= 0.3 is 5.69 Å². The molecule has 0 atom stereocenters. The summed E-state index contributed by atoms with van der Waals surface area (Å²) in [4.78, 5) is 13.0. The van der Waals surface area contributed by atoms with Crippen LogP contribution in [0.1, 0.15) is 35.4 Å². The van der Waals surface area contributed by atoms with Gasteiger partial charge in [0.15, 0.2) is 0 Å². The van der Waals surface area contributed by atoms with Gasteiger partial charge in [-0.25, -0.2) is 4.79 Å². The Bertz CT molecular complexity index is 984. The summed E-state index contributed by atoms with van der Waals surface area (Å²) in [5.74, 6) is 1.18. The highest BCUT2D eigenvalue weighted by Crippen LogP contribution is 2.24. The molecule has 3 aromatic rings. The minimum absolute atomic E-state index is 0.102. The molecule has 0 saturated carbocycles. The van der Waals surface area contributed by atoms with Crippen LogP contribution in [0, 0.1) is 6.92 Å². The van der Waals surface area contributed by atoms with Crippen molar-refractivity contribution < 1.29 is 0 Å². The maximum Gasteiger partial charge on any atom is 0.351 e. The van der Waals surface area contributed by atoms with E-state index in [9.17, 15) is 4.79 Å². The van der Waals surface area contributed by atoms with E-state index < -0.39 is 0 Å². The van der Waals surface area contributed by atoms with Gasteiger partial charge in [0.25, 0.3) is 0 Å². The lowest BCUT2D eigenvalue weighted by Crippen LogP contribution is -2.25. The molecule has 1 saturated heterocycles. The van der Waals surface area contributed by atoms with E-state index in [1.54, 1.807) is 4.57 Å². The summed E-state index contributed by atoms with van der Waals surface area (Å²) < 4.78 is 3.24. The molecule has 2 aromatic carbocycles. The minimum Gasteiger partial charge on any atom is -0.274 e. The van der Waals surface area contributed by atoms with Gasteiger partial charge in [-0.15, -0.1) is 0 Å². The van der Waals surface area contributed by atoms with Crippen LogP contribution in [-0.2, 0) is 13.0 Å². The molecule has 0 spiro atoms. The molecule has 6 nitrogen and oxygen atoms in total. The van der Waals surface area contributed by atoms with Crippen molar-refractivity contribution in [3.63, 3.8) is 0 Å². The third kappa shape index (κ3) is 3.46. The third-order valence-electron chi connectivity index (χ3n) is 5.24. The molecule has 4 rings (SSSR count). The van der Waals surface area contributed by atoms with E-state index in [1.165, 1.54) is 15.8 Å². The standard InChI is InChI=1S/C21H25N5O/c1-3-17-11-19(9-10-20(17)18-12-22-23-13-18)26-21(27)25(15(2)24-26)14-16-7-5-4-6-8-16/h4-11,18,22-23H,3,12-14H2,1-2H3. The third-order valence-corrected chi connectivity index (χ3v) is 5.24. The highest BCUT2D eigenvalue weighted by molar-refractivity contribution is 5.42. The number of benzene rings is 2. The summed E-state index contributed by atoms with van der Waals surface area (Å²) in [6.07, 6.45) is 0.929. The lowest BCUT2D eigenvalue weighted by atomic mass is 9.93. The zero-order valence-corrected chi connectivity index (χ0v) is 15.8. The SMILES string of the molecule is CCc1cc(-n2nc(C)n(Cc3ccccc3)c2=O)ccc1C1CNNC1. The lowest BCUT2D eigenvalue weighted by molar-refractivity contribution is 0.689. The second-order valence-electron chi connectivity index (χ2n) is 7.01. The monoisotopic (exact) mass is 363 g/mol. The fourth-order valence-electron chi connectivity index (χ4n) is 3.72. The Kier molecular flexibility index (Phi) is 4.92. The Labute approximate surface area is 158 Å². The van der Waals surface area contributed by atoms with Gasteiger partial charge in [0.1, 0.15) is 5.82 Å². The predicted molar refractivity (Wildman–Crippen MR) is 106 cm³/mol. The van der Waals surface area contributed by atoms with Crippen molar-refractivity contribution in [3.8, 4) is 5.69 Å². The van der Waals surface area contributed by atoms with Gasteiger partial charge in [0.05, 0.1) is 12.2 Å². The molecule has 2 heterocycles. The molecule has 6 heteroatoms. The van der Waals surface area contributed by atoms with E-state index in [0.29, 0.717) is 12.5 Å². The Morgan fingerprint density at radius 3 is 2.56 bits per heavy atom. The number of rotatable bonds is 5. The molecular formula is C21H25N5O. The van der Waals surface area contributed by atoms with Crippen LogP contribution < -0.4 is 16.5 Å². The molecule has 0 radical (unpaired) electrons. The largest absolute Gasteiger partial charge is 0.351 e. The van der Waals surface area contributed by atoms with Crippen molar-refractivity contribution in [2.24, 2.45) is 0 Å². The number of nitrogens with zero attached hydrogens (tertiary/aromatic N) is 3. The first-order chi connectivity index (χ1) is 13.2. The van der Waals surface area contributed by atoms with Crippen LogP contribution in [0.25, 0.3) is 5.69 Å². The number of hydrogen-bond acceptors (Lipinski definition) is 4. The lowest BCUT2D eigenvalue weighted by Gasteiger charge is -2.14.